The molecule has 0 spiro atoms. The Morgan fingerprint density at radius 3 is 1.51 bits per heavy atom. The van der Waals surface area contributed by atoms with Crippen LogP contribution in [-0.2, 0) is 54.3 Å². The highest BCUT2D eigenvalue weighted by molar-refractivity contribution is 6.05. The molecular weight excluding hydrogens is 939 g/mol. The molecule has 0 saturated heterocycles. The zero-order valence-electron chi connectivity index (χ0n) is 40.8. The van der Waals surface area contributed by atoms with Gasteiger partial charge in [-0.1, -0.05) is 155 Å². The second kappa shape index (κ2) is 26.0. The first-order valence-corrected chi connectivity index (χ1v) is 24.6. The van der Waals surface area contributed by atoms with Crippen molar-refractivity contribution >= 4 is 53.4 Å². The summed E-state index contributed by atoms with van der Waals surface area (Å²) < 4.78 is 5.93. The van der Waals surface area contributed by atoms with Gasteiger partial charge in [0.1, 0.15) is 36.8 Å². The standard InChI is InChI=1S/C55H63N5O13/c1-32(2)26-41(59-53(69)48(35-20-10-5-11-21-35)55(72)73-31-40-38-24-14-12-22-36(38)37-23-13-15-25-39(37)40)49(65)57-43(29-46(61)62)51(67)56-42(27-33-16-6-3-7-17-33)50(66)58-44(30-47(63)64)52(68)60-45(54(70)71)28-34-18-8-4-9-19-34/h4-5,8-15,18-25,32-33,40-45,48H,3,6-7,16-17,26-31H2,1-2H3,(H,56,67)(H,57,65)(H,58,66)(H,59,69)(H,60,68)(H,61,62)(H,63,64)(H,70,71)/t41-,42-,43-,44-,45-,48?/m0/s1. The second-order valence-electron chi connectivity index (χ2n) is 19.1. The topological polar surface area (TPSA) is 284 Å². The van der Waals surface area contributed by atoms with Gasteiger partial charge in [-0.25, -0.2) is 4.79 Å². The van der Waals surface area contributed by atoms with E-state index in [-0.39, 0.29) is 49.2 Å². The molecule has 1 fully saturated rings. The van der Waals surface area contributed by atoms with Crippen molar-refractivity contribution in [2.45, 2.75) is 120 Å². The van der Waals surface area contributed by atoms with Crippen LogP contribution in [0.1, 0.15) is 106 Å². The molecule has 0 bridgehead atoms. The average molecular weight is 1000 g/mol. The fraction of sp³-hybridized carbons (Fsp3) is 0.400. The van der Waals surface area contributed by atoms with Gasteiger partial charge in [0.2, 0.25) is 29.5 Å². The first-order chi connectivity index (χ1) is 35.0. The lowest BCUT2D eigenvalue weighted by molar-refractivity contribution is -0.150. The predicted octanol–water partition coefficient (Wildman–Crippen LogP) is 4.84. The summed E-state index contributed by atoms with van der Waals surface area (Å²) in [6, 6.07) is 24.1. The van der Waals surface area contributed by atoms with E-state index in [0.717, 1.165) is 41.5 Å². The molecule has 0 radical (unpaired) electrons. The third kappa shape index (κ3) is 15.3. The van der Waals surface area contributed by atoms with Crippen LogP contribution < -0.4 is 26.6 Å². The number of hydrogen-bond donors (Lipinski definition) is 8. The summed E-state index contributed by atoms with van der Waals surface area (Å²) in [7, 11) is 0. The zero-order valence-corrected chi connectivity index (χ0v) is 40.8. The lowest BCUT2D eigenvalue weighted by atomic mass is 9.84. The third-order valence-electron chi connectivity index (χ3n) is 13.2. The van der Waals surface area contributed by atoms with Crippen LogP contribution in [0, 0.1) is 11.8 Å². The van der Waals surface area contributed by atoms with Crippen LogP contribution in [0.25, 0.3) is 11.1 Å². The molecule has 2 aliphatic rings. The number of rotatable bonds is 25. The molecule has 2 aliphatic carbocycles. The smallest absolute Gasteiger partial charge is 0.326 e. The zero-order chi connectivity index (χ0) is 52.6. The van der Waals surface area contributed by atoms with E-state index in [1.165, 1.54) is 0 Å². The van der Waals surface area contributed by atoms with E-state index in [1.54, 1.807) is 74.5 Å². The van der Waals surface area contributed by atoms with E-state index >= 15 is 0 Å². The molecule has 6 atom stereocenters. The lowest BCUT2D eigenvalue weighted by Gasteiger charge is -2.30. The summed E-state index contributed by atoms with van der Waals surface area (Å²) in [4.78, 5) is 121. The van der Waals surface area contributed by atoms with Crippen molar-refractivity contribution in [1.82, 2.24) is 26.6 Å². The van der Waals surface area contributed by atoms with Gasteiger partial charge in [0.15, 0.2) is 5.92 Å². The fourth-order valence-corrected chi connectivity index (χ4v) is 9.58. The largest absolute Gasteiger partial charge is 0.481 e. The Morgan fingerprint density at radius 2 is 0.986 bits per heavy atom. The van der Waals surface area contributed by atoms with Gasteiger partial charge in [0, 0.05) is 12.3 Å². The number of ether oxygens (including phenoxy) is 1. The molecule has 8 N–H and O–H groups in total. The number of benzene rings is 4. The molecule has 0 aromatic heterocycles. The Bertz CT molecular complexity index is 2570. The van der Waals surface area contributed by atoms with Crippen LogP contribution in [0.15, 0.2) is 109 Å². The van der Waals surface area contributed by atoms with Gasteiger partial charge in [-0.05, 0) is 58.1 Å². The minimum Gasteiger partial charge on any atom is -0.481 e. The number of nitrogens with one attached hydrogen (secondary N) is 5. The van der Waals surface area contributed by atoms with Crippen LogP contribution in [0.4, 0.5) is 0 Å². The van der Waals surface area contributed by atoms with Crippen molar-refractivity contribution < 1.29 is 63.2 Å². The predicted molar refractivity (Wildman–Crippen MR) is 266 cm³/mol. The number of esters is 1. The van der Waals surface area contributed by atoms with Gasteiger partial charge in [-0.15, -0.1) is 0 Å². The van der Waals surface area contributed by atoms with Crippen LogP contribution in [0.2, 0.25) is 0 Å². The molecule has 0 aliphatic heterocycles. The molecule has 1 saturated carbocycles. The third-order valence-corrected chi connectivity index (χ3v) is 13.2. The average Bonchev–Trinajstić information content (AvgIpc) is 3.68. The van der Waals surface area contributed by atoms with Gasteiger partial charge in [-0.2, -0.15) is 0 Å². The van der Waals surface area contributed by atoms with Crippen LogP contribution >= 0.6 is 0 Å². The van der Waals surface area contributed by atoms with Crippen molar-refractivity contribution in [2.24, 2.45) is 11.8 Å². The number of fused-ring (bicyclic) bond motifs is 3. The van der Waals surface area contributed by atoms with E-state index in [4.69, 9.17) is 4.74 Å². The van der Waals surface area contributed by atoms with Crippen molar-refractivity contribution in [1.29, 1.82) is 0 Å². The first kappa shape index (κ1) is 54.4. The number of carboxylic acid groups (broad SMARTS) is 3. The minimum atomic E-state index is -1.82. The molecule has 5 amide bonds. The monoisotopic (exact) mass is 1000 g/mol. The quantitative estimate of drug-likeness (QED) is 0.0326. The van der Waals surface area contributed by atoms with Crippen molar-refractivity contribution in [3.63, 3.8) is 0 Å². The van der Waals surface area contributed by atoms with Gasteiger partial charge in [0.25, 0.3) is 0 Å². The maximum atomic E-state index is 14.4. The van der Waals surface area contributed by atoms with Gasteiger partial charge in [-0.3, -0.25) is 38.4 Å². The Labute approximate surface area is 423 Å². The first-order valence-electron chi connectivity index (χ1n) is 24.6. The van der Waals surface area contributed by atoms with Gasteiger partial charge < -0.3 is 46.6 Å². The Morgan fingerprint density at radius 1 is 0.534 bits per heavy atom. The number of carboxylic acids is 3. The highest BCUT2D eigenvalue weighted by Crippen LogP contribution is 2.44. The second-order valence-corrected chi connectivity index (χ2v) is 19.1. The van der Waals surface area contributed by atoms with E-state index < -0.39 is 102 Å². The van der Waals surface area contributed by atoms with E-state index in [1.807, 2.05) is 48.5 Å². The van der Waals surface area contributed by atoms with Crippen LogP contribution in [0.5, 0.6) is 0 Å². The van der Waals surface area contributed by atoms with Crippen molar-refractivity contribution in [3.8, 4) is 11.1 Å². The molecule has 4 aromatic carbocycles. The number of carbonyl (C=O) groups excluding carboxylic acids is 6. The molecule has 1 unspecified atom stereocenters. The van der Waals surface area contributed by atoms with Crippen molar-refractivity contribution in [3.05, 3.63) is 131 Å². The molecular formula is C55H63N5O13. The molecule has 18 nitrogen and oxygen atoms in total. The molecule has 18 heteroatoms. The Balaban J connectivity index is 1.19. The number of hydrogen-bond acceptors (Lipinski definition) is 10. The highest BCUT2D eigenvalue weighted by Gasteiger charge is 2.38. The fourth-order valence-electron chi connectivity index (χ4n) is 9.58. The molecule has 73 heavy (non-hydrogen) atoms. The summed E-state index contributed by atoms with van der Waals surface area (Å²) in [6.45, 7) is 3.45. The van der Waals surface area contributed by atoms with Crippen LogP contribution in [-0.4, -0.2) is 106 Å². The summed E-state index contributed by atoms with van der Waals surface area (Å²) in [5.74, 6) is -12.6. The van der Waals surface area contributed by atoms with E-state index in [0.29, 0.717) is 18.4 Å². The Kier molecular flexibility index (Phi) is 19.4. The molecule has 6 rings (SSSR count). The molecule has 4 aromatic rings. The summed E-state index contributed by atoms with van der Waals surface area (Å²) in [5, 5.41) is 42.0. The molecule has 0 heterocycles. The summed E-state index contributed by atoms with van der Waals surface area (Å²) in [6.07, 6.45) is 1.84. The summed E-state index contributed by atoms with van der Waals surface area (Å²) in [5.41, 5.74) is 4.78. The van der Waals surface area contributed by atoms with Gasteiger partial charge >= 0.3 is 23.9 Å². The maximum Gasteiger partial charge on any atom is 0.326 e. The highest BCUT2D eigenvalue weighted by atomic mass is 16.5. The maximum absolute atomic E-state index is 14.4. The van der Waals surface area contributed by atoms with Gasteiger partial charge in [0.05, 0.1) is 12.8 Å². The van der Waals surface area contributed by atoms with E-state index in [2.05, 4.69) is 26.6 Å². The normalized spacial score (nSPS) is 15.7. The number of amides is 5. The van der Waals surface area contributed by atoms with E-state index in [9.17, 15) is 58.5 Å². The number of aliphatic carboxylic acids is 3. The van der Waals surface area contributed by atoms with Crippen LogP contribution in [0.3, 0.4) is 0 Å². The number of carbonyl (C=O) groups is 9. The molecule has 386 valence electrons. The van der Waals surface area contributed by atoms with Crippen molar-refractivity contribution in [2.75, 3.05) is 6.61 Å². The SMILES string of the molecule is CC(C)C[C@H](NC(=O)C(C(=O)OCC1c2ccccc2-c2ccccc21)c1ccccc1)C(=O)N[C@@H](CC(=O)O)C(=O)N[C@@H](CC1CCCCC1)C(=O)N[C@@H](CC(=O)O)C(=O)N[C@@H](Cc1ccccc1)C(=O)O. The minimum absolute atomic E-state index is 0.00124. The lowest BCUT2D eigenvalue weighted by Crippen LogP contribution is -2.60. The Hall–Kier alpha value is -7.89. The summed E-state index contributed by atoms with van der Waals surface area (Å²) >= 11 is 0.